The summed E-state index contributed by atoms with van der Waals surface area (Å²) in [7, 11) is 1.93. The summed E-state index contributed by atoms with van der Waals surface area (Å²) < 4.78 is 1.89. The average molecular weight is 320 g/mol. The van der Waals surface area contributed by atoms with E-state index in [1.165, 1.54) is 0 Å². The molecule has 120 valence electrons. The lowest BCUT2D eigenvalue weighted by molar-refractivity contribution is 0.647. The van der Waals surface area contributed by atoms with E-state index >= 15 is 0 Å². The van der Waals surface area contributed by atoms with Crippen LogP contribution in [0.3, 0.4) is 0 Å². The predicted octanol–water partition coefficient (Wildman–Crippen LogP) is 0.957. The number of aryl methyl sites for hydroxylation is 1. The van der Waals surface area contributed by atoms with Crippen LogP contribution in [0.15, 0.2) is 31.1 Å². The lowest BCUT2D eigenvalue weighted by atomic mass is 10.2. The highest BCUT2D eigenvalue weighted by Gasteiger charge is 2.22. The Hall–Kier alpha value is -3.21. The fourth-order valence-corrected chi connectivity index (χ4v) is 3.06. The van der Waals surface area contributed by atoms with Gasteiger partial charge < -0.3 is 14.4 Å². The van der Waals surface area contributed by atoms with Crippen LogP contribution < -0.4 is 9.80 Å². The van der Waals surface area contributed by atoms with E-state index in [0.29, 0.717) is 5.56 Å². The van der Waals surface area contributed by atoms with Gasteiger partial charge in [0, 0.05) is 39.4 Å². The topological polar surface area (TPSA) is 86.8 Å². The van der Waals surface area contributed by atoms with E-state index in [-0.39, 0.29) is 0 Å². The summed E-state index contributed by atoms with van der Waals surface area (Å²) in [6.07, 6.45) is 6.75. The summed E-state index contributed by atoms with van der Waals surface area (Å²) in [5.41, 5.74) is 3.21. The normalized spacial score (nSPS) is 14.8. The van der Waals surface area contributed by atoms with Crippen LogP contribution >= 0.6 is 0 Å². The minimum Gasteiger partial charge on any atom is -0.366 e. The van der Waals surface area contributed by atoms with Crippen LogP contribution in [0.4, 0.5) is 11.5 Å². The molecular formula is C16H16N8. The number of fused-ring (bicyclic) bond motifs is 1. The number of rotatable bonds is 2. The minimum absolute atomic E-state index is 0.660. The summed E-state index contributed by atoms with van der Waals surface area (Å²) in [5, 5.41) is 9.26. The summed E-state index contributed by atoms with van der Waals surface area (Å²) in [6, 6.07) is 3.99. The lowest BCUT2D eigenvalue weighted by Gasteiger charge is -2.36. The lowest BCUT2D eigenvalue weighted by Crippen LogP contribution is -2.47. The highest BCUT2D eigenvalue weighted by atomic mass is 15.3. The molecular weight excluding hydrogens is 304 g/mol. The first kappa shape index (κ1) is 14.4. The maximum atomic E-state index is 9.26. The van der Waals surface area contributed by atoms with Crippen LogP contribution in [0, 0.1) is 11.3 Å². The van der Waals surface area contributed by atoms with E-state index in [9.17, 15) is 5.26 Å². The molecule has 0 radical (unpaired) electrons. The molecule has 8 heteroatoms. The van der Waals surface area contributed by atoms with Crippen molar-refractivity contribution in [3.8, 4) is 6.07 Å². The van der Waals surface area contributed by atoms with Gasteiger partial charge >= 0.3 is 0 Å². The van der Waals surface area contributed by atoms with Gasteiger partial charge in [0.1, 0.15) is 12.4 Å². The van der Waals surface area contributed by atoms with Gasteiger partial charge in [-0.1, -0.05) is 0 Å². The van der Waals surface area contributed by atoms with Crippen molar-refractivity contribution in [1.29, 1.82) is 5.26 Å². The first-order valence-electron chi connectivity index (χ1n) is 7.74. The molecule has 0 N–H and O–H groups in total. The van der Waals surface area contributed by atoms with Crippen molar-refractivity contribution >= 4 is 22.7 Å². The summed E-state index contributed by atoms with van der Waals surface area (Å²) in [6.45, 7) is 3.22. The Morgan fingerprint density at radius 2 is 1.88 bits per heavy atom. The largest absolute Gasteiger partial charge is 0.366 e. The first-order valence-corrected chi connectivity index (χ1v) is 7.74. The highest BCUT2D eigenvalue weighted by Crippen LogP contribution is 2.25. The molecule has 0 atom stereocenters. The zero-order chi connectivity index (χ0) is 16.5. The van der Waals surface area contributed by atoms with Crippen molar-refractivity contribution in [2.24, 2.45) is 7.05 Å². The number of hydrogen-bond donors (Lipinski definition) is 0. The number of aromatic nitrogens is 5. The molecule has 24 heavy (non-hydrogen) atoms. The molecule has 1 saturated heterocycles. The van der Waals surface area contributed by atoms with E-state index in [1.807, 2.05) is 11.6 Å². The Morgan fingerprint density at radius 1 is 1.08 bits per heavy atom. The third kappa shape index (κ3) is 2.31. The first-order chi connectivity index (χ1) is 11.8. The van der Waals surface area contributed by atoms with Gasteiger partial charge in [0.15, 0.2) is 17.0 Å². The zero-order valence-electron chi connectivity index (χ0n) is 13.3. The second-order valence-electron chi connectivity index (χ2n) is 5.70. The molecule has 0 amide bonds. The zero-order valence-corrected chi connectivity index (χ0v) is 13.3. The maximum absolute atomic E-state index is 9.26. The Labute approximate surface area is 139 Å². The average Bonchev–Trinajstić information content (AvgIpc) is 3.03. The number of nitrogens with zero attached hydrogens (tertiary/aromatic N) is 8. The van der Waals surface area contributed by atoms with Crippen molar-refractivity contribution in [2.75, 3.05) is 36.0 Å². The molecule has 0 saturated carbocycles. The number of pyridine rings is 1. The third-order valence-corrected chi connectivity index (χ3v) is 4.32. The van der Waals surface area contributed by atoms with Crippen LogP contribution in [-0.4, -0.2) is 50.7 Å². The number of piperazine rings is 1. The van der Waals surface area contributed by atoms with Crippen molar-refractivity contribution in [3.63, 3.8) is 0 Å². The fraction of sp³-hybridized carbons (Fsp3) is 0.312. The smallest absolute Gasteiger partial charge is 0.165 e. The van der Waals surface area contributed by atoms with E-state index in [4.69, 9.17) is 0 Å². The van der Waals surface area contributed by atoms with Gasteiger partial charge in [0.25, 0.3) is 0 Å². The Kier molecular flexibility index (Phi) is 3.46. The molecule has 1 aliphatic rings. The fourth-order valence-electron chi connectivity index (χ4n) is 3.06. The van der Waals surface area contributed by atoms with Crippen molar-refractivity contribution < 1.29 is 0 Å². The second-order valence-corrected chi connectivity index (χ2v) is 5.70. The quantitative estimate of drug-likeness (QED) is 0.695. The van der Waals surface area contributed by atoms with Gasteiger partial charge in [0.2, 0.25) is 0 Å². The Balaban J connectivity index is 1.57. The molecule has 1 fully saturated rings. The van der Waals surface area contributed by atoms with Crippen LogP contribution in [-0.2, 0) is 7.05 Å². The van der Waals surface area contributed by atoms with Crippen molar-refractivity contribution in [2.45, 2.75) is 0 Å². The number of anilines is 2. The van der Waals surface area contributed by atoms with Gasteiger partial charge in [-0.3, -0.25) is 4.98 Å². The molecule has 4 heterocycles. The van der Waals surface area contributed by atoms with Crippen LogP contribution in [0.1, 0.15) is 5.56 Å². The molecule has 0 bridgehead atoms. The van der Waals surface area contributed by atoms with E-state index in [1.54, 1.807) is 31.1 Å². The summed E-state index contributed by atoms with van der Waals surface area (Å²) in [5.74, 6) is 0.868. The van der Waals surface area contributed by atoms with Gasteiger partial charge in [-0.05, 0) is 6.07 Å². The van der Waals surface area contributed by atoms with Crippen LogP contribution in [0.25, 0.3) is 11.2 Å². The summed E-state index contributed by atoms with van der Waals surface area (Å²) >= 11 is 0. The Bertz CT molecular complexity index is 917. The predicted molar refractivity (Wildman–Crippen MR) is 89.7 cm³/mol. The standard InChI is InChI=1S/C16H16N8/c1-22-11-21-14-15(22)19-10-20-16(14)24-6-4-23(5-7-24)13-9-18-3-2-12(13)8-17/h2-3,9-11H,4-7H2,1H3. The number of hydrogen-bond acceptors (Lipinski definition) is 7. The molecule has 4 rings (SSSR count). The Morgan fingerprint density at radius 3 is 2.67 bits per heavy atom. The molecule has 0 aromatic carbocycles. The maximum Gasteiger partial charge on any atom is 0.165 e. The second kappa shape index (κ2) is 5.77. The molecule has 1 aliphatic heterocycles. The third-order valence-electron chi connectivity index (χ3n) is 4.32. The molecule has 3 aromatic heterocycles. The number of nitriles is 1. The summed E-state index contributed by atoms with van der Waals surface area (Å²) in [4.78, 5) is 21.7. The highest BCUT2D eigenvalue weighted by molar-refractivity contribution is 5.83. The van der Waals surface area contributed by atoms with E-state index in [2.05, 4.69) is 35.8 Å². The van der Waals surface area contributed by atoms with E-state index < -0.39 is 0 Å². The van der Waals surface area contributed by atoms with Crippen LogP contribution in [0.2, 0.25) is 0 Å². The van der Waals surface area contributed by atoms with Gasteiger partial charge in [-0.25, -0.2) is 15.0 Å². The van der Waals surface area contributed by atoms with Gasteiger partial charge in [0.05, 0.1) is 23.8 Å². The van der Waals surface area contributed by atoms with Gasteiger partial charge in [-0.2, -0.15) is 5.26 Å². The van der Waals surface area contributed by atoms with Crippen molar-refractivity contribution in [1.82, 2.24) is 24.5 Å². The SMILES string of the molecule is Cn1cnc2c(N3CCN(c4cnccc4C#N)CC3)ncnc21. The molecule has 0 unspecified atom stereocenters. The van der Waals surface area contributed by atoms with Gasteiger partial charge in [-0.15, -0.1) is 0 Å². The molecule has 0 spiro atoms. The molecule has 8 nitrogen and oxygen atoms in total. The van der Waals surface area contributed by atoms with Crippen molar-refractivity contribution in [3.05, 3.63) is 36.7 Å². The monoisotopic (exact) mass is 320 g/mol. The minimum atomic E-state index is 0.660. The number of imidazole rings is 1. The van der Waals surface area contributed by atoms with E-state index in [0.717, 1.165) is 48.8 Å². The van der Waals surface area contributed by atoms with Crippen LogP contribution in [0.5, 0.6) is 0 Å². The molecule has 0 aliphatic carbocycles. The molecule has 3 aromatic rings.